The second-order valence-electron chi connectivity index (χ2n) is 9.32. The van der Waals surface area contributed by atoms with Crippen molar-refractivity contribution in [2.75, 3.05) is 34.4 Å². The fraction of sp³-hybridized carbons (Fsp3) is 0.207. The number of carbonyl (C=O) groups excluding carboxylic acids is 1. The van der Waals surface area contributed by atoms with Gasteiger partial charge in [0.25, 0.3) is 0 Å². The van der Waals surface area contributed by atoms with E-state index in [0.29, 0.717) is 39.8 Å². The lowest BCUT2D eigenvalue weighted by Crippen LogP contribution is -2.21. The van der Waals surface area contributed by atoms with Crippen LogP contribution in [0.15, 0.2) is 88.3 Å². The van der Waals surface area contributed by atoms with Gasteiger partial charge in [-0.25, -0.2) is 18.4 Å². The fourth-order valence-corrected chi connectivity index (χ4v) is 4.68. The van der Waals surface area contributed by atoms with Crippen molar-refractivity contribution in [2.24, 2.45) is 4.36 Å². The second kappa shape index (κ2) is 14.0. The predicted molar refractivity (Wildman–Crippen MR) is 162 cm³/mol. The first kappa shape index (κ1) is 31.3. The second-order valence-corrected chi connectivity index (χ2v) is 10.7. The van der Waals surface area contributed by atoms with Gasteiger partial charge in [-0.05, 0) is 74.0 Å². The molecule has 4 rings (SSSR count). The summed E-state index contributed by atoms with van der Waals surface area (Å²) in [5.74, 6) is 0.736. The molecular weight excluding hydrogens is 583 g/mol. The van der Waals surface area contributed by atoms with E-state index in [2.05, 4.69) is 35.6 Å². The highest BCUT2D eigenvalue weighted by Gasteiger charge is 2.30. The van der Waals surface area contributed by atoms with E-state index in [1.165, 1.54) is 12.1 Å². The highest BCUT2D eigenvalue weighted by molar-refractivity contribution is 7.75. The molecule has 10 nitrogen and oxygen atoms in total. The van der Waals surface area contributed by atoms with Crippen LogP contribution in [-0.2, 0) is 16.8 Å². The zero-order chi connectivity index (χ0) is 31.0. The first-order valence-electron chi connectivity index (χ1n) is 13.2. The number of thiol groups is 1. The molecule has 3 aromatic carbocycles. The highest BCUT2D eigenvalue weighted by atomic mass is 32.2. The summed E-state index contributed by atoms with van der Waals surface area (Å²) < 4.78 is 55.0. The van der Waals surface area contributed by atoms with Crippen molar-refractivity contribution in [3.05, 3.63) is 84.6 Å². The molecule has 226 valence electrons. The van der Waals surface area contributed by atoms with E-state index in [0.717, 1.165) is 12.1 Å². The number of hydrogen-bond donors (Lipinski definition) is 6. The lowest BCUT2D eigenvalue weighted by Gasteiger charge is -2.17. The molecule has 0 saturated heterocycles. The Morgan fingerprint density at radius 3 is 2.33 bits per heavy atom. The van der Waals surface area contributed by atoms with Crippen LogP contribution in [0.1, 0.15) is 19.4 Å². The number of carbonyl (C=O) groups is 1. The van der Waals surface area contributed by atoms with Gasteiger partial charge in [0, 0.05) is 46.3 Å². The summed E-state index contributed by atoms with van der Waals surface area (Å²) in [4.78, 5) is 22.0. The van der Waals surface area contributed by atoms with Gasteiger partial charge < -0.3 is 26.4 Å². The van der Waals surface area contributed by atoms with Gasteiger partial charge in [-0.2, -0.15) is 18.2 Å². The molecule has 0 saturated carbocycles. The number of hydrogen-bond acceptors (Lipinski definition) is 8. The number of anilines is 5. The average molecular weight is 614 g/mol. The molecule has 2 unspecified atom stereocenters. The number of alkyl halides is 3. The number of benzene rings is 3. The molecule has 0 spiro atoms. The van der Waals surface area contributed by atoms with Gasteiger partial charge in [-0.1, -0.05) is 18.2 Å². The summed E-state index contributed by atoms with van der Waals surface area (Å²) in [6.45, 7) is 3.94. The normalized spacial score (nSPS) is 12.8. The number of aliphatic hydroxyl groups excluding tert-OH is 1. The van der Waals surface area contributed by atoms with Gasteiger partial charge in [0.15, 0.2) is 0 Å². The Morgan fingerprint density at radius 2 is 1.67 bits per heavy atom. The van der Waals surface area contributed by atoms with Crippen LogP contribution >= 0.6 is 0 Å². The number of aromatic nitrogens is 2. The molecule has 2 atom stereocenters. The van der Waals surface area contributed by atoms with Gasteiger partial charge in [0.2, 0.25) is 5.95 Å². The van der Waals surface area contributed by atoms with Crippen molar-refractivity contribution in [3.8, 4) is 11.1 Å². The Hall–Kier alpha value is -4.69. The molecule has 0 radical (unpaired) electrons. The number of nitrogens with one attached hydrogen (secondary N) is 4. The van der Waals surface area contributed by atoms with Gasteiger partial charge in [0.1, 0.15) is 5.82 Å². The molecule has 4 aromatic rings. The molecule has 0 bridgehead atoms. The first-order valence-corrected chi connectivity index (χ1v) is 14.4. The number of rotatable bonds is 10. The van der Waals surface area contributed by atoms with E-state index < -0.39 is 28.4 Å². The van der Waals surface area contributed by atoms with Crippen molar-refractivity contribution in [1.29, 1.82) is 0 Å². The fourth-order valence-electron chi connectivity index (χ4n) is 3.85. The maximum atomic E-state index is 13.0. The zero-order valence-corrected chi connectivity index (χ0v) is 24.1. The Labute approximate surface area is 248 Å². The molecule has 2 amide bonds. The van der Waals surface area contributed by atoms with E-state index in [1.807, 2.05) is 6.92 Å². The molecule has 0 aliphatic carbocycles. The maximum Gasteiger partial charge on any atom is 0.416 e. The lowest BCUT2D eigenvalue weighted by atomic mass is 10.1. The largest absolute Gasteiger partial charge is 0.416 e. The summed E-state index contributed by atoms with van der Waals surface area (Å²) in [5, 5.41) is 20.9. The molecule has 43 heavy (non-hydrogen) atoms. The average Bonchev–Trinajstić information content (AvgIpc) is 2.98. The molecule has 1 heterocycles. The number of nitrogens with zero attached hydrogens (tertiary/aromatic N) is 3. The quantitative estimate of drug-likeness (QED) is 0.114. The molecule has 1 aromatic heterocycles. The minimum atomic E-state index is -4.52. The molecule has 14 heteroatoms. The Balaban J connectivity index is 1.49. The van der Waals surface area contributed by atoms with Gasteiger partial charge >= 0.3 is 12.2 Å². The van der Waals surface area contributed by atoms with Crippen LogP contribution in [0.2, 0.25) is 0 Å². The summed E-state index contributed by atoms with van der Waals surface area (Å²) in [6, 6.07) is 17.0. The molecule has 0 aliphatic rings. The van der Waals surface area contributed by atoms with Crippen LogP contribution < -0.4 is 21.3 Å². The number of halogens is 3. The number of amides is 2. The SMILES string of the molecule is CCN=[SH](=O)c1ccc(Nc2ncc(-c3ccc(NC(=O)Nc4cccc(C(F)(F)F)c4)cc3)c(NC(C)CO)n2)cc1. The predicted octanol–water partition coefficient (Wildman–Crippen LogP) is 6.39. The standard InChI is InChI=1S/C29H30F3N7O3S/c1-3-34-43(42)24-13-11-21(12-14-24)36-27-33-16-25(26(39-27)35-18(2)17-40)19-7-9-22(10-8-19)37-28(41)38-23-6-4-5-20(15-23)29(30,31)32/h4-16,18,40,43H,3,17H2,1-2H3,(H2,37,38,41)(H2,33,35,36,39). The van der Waals surface area contributed by atoms with Crippen LogP contribution in [0.5, 0.6) is 0 Å². The third-order valence-corrected chi connectivity index (χ3v) is 7.24. The van der Waals surface area contributed by atoms with Crippen molar-refractivity contribution >= 4 is 45.5 Å². The van der Waals surface area contributed by atoms with E-state index in [9.17, 15) is 27.3 Å². The van der Waals surface area contributed by atoms with Crippen molar-refractivity contribution in [2.45, 2.75) is 31.0 Å². The van der Waals surface area contributed by atoms with E-state index in [1.54, 1.807) is 61.7 Å². The molecular formula is C29H30F3N7O3S. The van der Waals surface area contributed by atoms with Crippen molar-refractivity contribution < 1.29 is 27.3 Å². The minimum absolute atomic E-state index is 0.00178. The number of aliphatic hydroxyl groups is 1. The molecule has 5 N–H and O–H groups in total. The Morgan fingerprint density at radius 1 is 1.00 bits per heavy atom. The summed E-state index contributed by atoms with van der Waals surface area (Å²) in [6.07, 6.45) is -2.92. The van der Waals surface area contributed by atoms with E-state index in [-0.39, 0.29) is 24.3 Å². The monoisotopic (exact) mass is 613 g/mol. The molecule has 0 fully saturated rings. The third kappa shape index (κ3) is 8.66. The Bertz CT molecular complexity index is 1640. The summed E-state index contributed by atoms with van der Waals surface area (Å²) in [5.41, 5.74) is 1.55. The van der Waals surface area contributed by atoms with Gasteiger partial charge in [-0.3, -0.25) is 0 Å². The maximum absolute atomic E-state index is 13.0. The highest BCUT2D eigenvalue weighted by Crippen LogP contribution is 2.31. The minimum Gasteiger partial charge on any atom is -0.394 e. The summed E-state index contributed by atoms with van der Waals surface area (Å²) in [7, 11) is -1.80. The number of urea groups is 1. The smallest absolute Gasteiger partial charge is 0.394 e. The van der Waals surface area contributed by atoms with Crippen LogP contribution in [-0.4, -0.2) is 44.5 Å². The molecule has 0 aliphatic heterocycles. The summed E-state index contributed by atoms with van der Waals surface area (Å²) >= 11 is 0. The van der Waals surface area contributed by atoms with Crippen molar-refractivity contribution in [1.82, 2.24) is 9.97 Å². The zero-order valence-electron chi connectivity index (χ0n) is 23.2. The first-order chi connectivity index (χ1) is 20.5. The van der Waals surface area contributed by atoms with Crippen LogP contribution in [0.4, 0.5) is 46.8 Å². The van der Waals surface area contributed by atoms with Gasteiger partial charge in [0.05, 0.1) is 22.8 Å². The van der Waals surface area contributed by atoms with E-state index in [4.69, 9.17) is 0 Å². The van der Waals surface area contributed by atoms with Crippen LogP contribution in [0.25, 0.3) is 11.1 Å². The third-order valence-electron chi connectivity index (χ3n) is 5.96. The van der Waals surface area contributed by atoms with Crippen molar-refractivity contribution in [3.63, 3.8) is 0 Å². The van der Waals surface area contributed by atoms with Crippen LogP contribution in [0, 0.1) is 0 Å². The van der Waals surface area contributed by atoms with E-state index >= 15 is 0 Å². The van der Waals surface area contributed by atoms with Crippen LogP contribution in [0.3, 0.4) is 0 Å². The van der Waals surface area contributed by atoms with Gasteiger partial charge in [-0.15, -0.1) is 0 Å². The topological polar surface area (TPSA) is 141 Å². The lowest BCUT2D eigenvalue weighted by molar-refractivity contribution is -0.137. The Kier molecular flexibility index (Phi) is 10.2.